The first-order valence-electron chi connectivity index (χ1n) is 7.91. The first-order valence-corrected chi connectivity index (χ1v) is 8.96. The van der Waals surface area contributed by atoms with E-state index in [9.17, 15) is 0 Å². The van der Waals surface area contributed by atoms with E-state index in [1.807, 2.05) is 13.0 Å². The van der Waals surface area contributed by atoms with E-state index in [0.717, 1.165) is 23.3 Å². The number of hydrogen-bond donors (Lipinski definition) is 1. The van der Waals surface area contributed by atoms with Crippen molar-refractivity contribution in [2.45, 2.75) is 50.9 Å². The fourth-order valence-corrected chi connectivity index (χ4v) is 4.02. The summed E-state index contributed by atoms with van der Waals surface area (Å²) in [6, 6.07) is 6.85. The molecule has 0 saturated heterocycles. The molecular formula is C17H27NO2S. The van der Waals surface area contributed by atoms with Crippen LogP contribution < -0.4 is 14.8 Å². The van der Waals surface area contributed by atoms with Gasteiger partial charge in [0.2, 0.25) is 0 Å². The maximum Gasteiger partial charge on any atom is 0.161 e. The van der Waals surface area contributed by atoms with Crippen LogP contribution in [0, 0.1) is 0 Å². The monoisotopic (exact) mass is 309 g/mol. The molecule has 2 atom stereocenters. The molecular weight excluding hydrogens is 282 g/mol. The lowest BCUT2D eigenvalue weighted by molar-refractivity contribution is 0.310. The Morgan fingerprint density at radius 2 is 2.10 bits per heavy atom. The van der Waals surface area contributed by atoms with Crippen molar-refractivity contribution in [1.82, 2.24) is 5.32 Å². The lowest BCUT2D eigenvalue weighted by Crippen LogP contribution is -2.26. The van der Waals surface area contributed by atoms with Crippen LogP contribution in [0.5, 0.6) is 11.5 Å². The zero-order valence-electron chi connectivity index (χ0n) is 13.4. The van der Waals surface area contributed by atoms with Crippen LogP contribution in [-0.2, 0) is 6.54 Å². The first kappa shape index (κ1) is 16.5. The lowest BCUT2D eigenvalue weighted by atomic mass is 10.1. The van der Waals surface area contributed by atoms with Gasteiger partial charge in [-0.05, 0) is 49.6 Å². The van der Waals surface area contributed by atoms with Gasteiger partial charge in [0, 0.05) is 17.8 Å². The molecule has 1 aromatic carbocycles. The van der Waals surface area contributed by atoms with Crippen molar-refractivity contribution in [3.05, 3.63) is 23.8 Å². The minimum absolute atomic E-state index is 0.659. The zero-order chi connectivity index (χ0) is 15.1. The second-order valence-corrected chi connectivity index (χ2v) is 6.96. The van der Waals surface area contributed by atoms with Crippen LogP contribution in [0.3, 0.4) is 0 Å². The predicted molar refractivity (Wildman–Crippen MR) is 90.6 cm³/mol. The Hall–Kier alpha value is -0.870. The standard InChI is InChI=1S/C17H27NO2S/c1-4-20-17-10-13(6-9-16(17)19-3)12-18-14-7-8-15(11-14)21-5-2/h6,9-10,14-15,18H,4-5,7-8,11-12H2,1-3H3. The number of benzene rings is 1. The number of ether oxygens (including phenoxy) is 2. The molecule has 1 N–H and O–H groups in total. The Labute approximate surface area is 132 Å². The van der Waals surface area contributed by atoms with Crippen LogP contribution in [0.2, 0.25) is 0 Å². The van der Waals surface area contributed by atoms with Crippen molar-refractivity contribution >= 4 is 11.8 Å². The summed E-state index contributed by atoms with van der Waals surface area (Å²) in [5.74, 6) is 2.87. The molecule has 0 heterocycles. The van der Waals surface area contributed by atoms with Crippen molar-refractivity contribution in [2.24, 2.45) is 0 Å². The Kier molecular flexibility index (Phi) is 6.71. The van der Waals surface area contributed by atoms with Crippen molar-refractivity contribution < 1.29 is 9.47 Å². The molecule has 0 aromatic heterocycles. The topological polar surface area (TPSA) is 30.5 Å². The molecule has 0 aliphatic heterocycles. The Bertz CT molecular complexity index is 439. The van der Waals surface area contributed by atoms with Gasteiger partial charge in [-0.2, -0.15) is 11.8 Å². The second kappa shape index (κ2) is 8.54. The molecule has 21 heavy (non-hydrogen) atoms. The zero-order valence-corrected chi connectivity index (χ0v) is 14.2. The van der Waals surface area contributed by atoms with E-state index in [4.69, 9.17) is 9.47 Å². The predicted octanol–water partition coefficient (Wildman–Crippen LogP) is 3.86. The highest BCUT2D eigenvalue weighted by Gasteiger charge is 2.23. The van der Waals surface area contributed by atoms with Crippen molar-refractivity contribution in [3.63, 3.8) is 0 Å². The molecule has 1 aromatic rings. The molecule has 1 saturated carbocycles. The van der Waals surface area contributed by atoms with Gasteiger partial charge in [0.15, 0.2) is 11.5 Å². The van der Waals surface area contributed by atoms with E-state index in [1.165, 1.54) is 30.6 Å². The third kappa shape index (κ3) is 4.82. The summed E-state index contributed by atoms with van der Waals surface area (Å²) in [5, 5.41) is 4.53. The van der Waals surface area contributed by atoms with Crippen LogP contribution in [0.1, 0.15) is 38.7 Å². The molecule has 0 bridgehead atoms. The van der Waals surface area contributed by atoms with Gasteiger partial charge in [-0.25, -0.2) is 0 Å². The molecule has 118 valence electrons. The molecule has 0 spiro atoms. The van der Waals surface area contributed by atoms with Crippen LogP contribution in [0.25, 0.3) is 0 Å². The highest BCUT2D eigenvalue weighted by atomic mass is 32.2. The molecule has 3 nitrogen and oxygen atoms in total. The van der Waals surface area contributed by atoms with E-state index in [-0.39, 0.29) is 0 Å². The minimum Gasteiger partial charge on any atom is -0.493 e. The average molecular weight is 309 g/mol. The number of thioether (sulfide) groups is 1. The fraction of sp³-hybridized carbons (Fsp3) is 0.647. The minimum atomic E-state index is 0.659. The lowest BCUT2D eigenvalue weighted by Gasteiger charge is -2.15. The van der Waals surface area contributed by atoms with Crippen molar-refractivity contribution in [3.8, 4) is 11.5 Å². The molecule has 2 unspecified atom stereocenters. The van der Waals surface area contributed by atoms with Crippen molar-refractivity contribution in [2.75, 3.05) is 19.5 Å². The number of hydrogen-bond acceptors (Lipinski definition) is 4. The van der Waals surface area contributed by atoms with E-state index < -0.39 is 0 Å². The van der Waals surface area contributed by atoms with E-state index in [0.29, 0.717) is 12.6 Å². The van der Waals surface area contributed by atoms with Crippen LogP contribution in [0.15, 0.2) is 18.2 Å². The summed E-state index contributed by atoms with van der Waals surface area (Å²) in [6.45, 7) is 5.80. The van der Waals surface area contributed by atoms with Gasteiger partial charge in [0.25, 0.3) is 0 Å². The SMILES string of the molecule is CCOc1cc(CNC2CCC(SCC)C2)ccc1OC. The van der Waals surface area contributed by atoms with E-state index in [1.54, 1.807) is 7.11 Å². The van der Waals surface area contributed by atoms with Gasteiger partial charge in [0.1, 0.15) is 0 Å². The quantitative estimate of drug-likeness (QED) is 0.790. The summed E-state index contributed by atoms with van der Waals surface area (Å²) < 4.78 is 11.0. The third-order valence-electron chi connectivity index (χ3n) is 3.91. The molecule has 2 rings (SSSR count). The van der Waals surface area contributed by atoms with Gasteiger partial charge in [0.05, 0.1) is 13.7 Å². The van der Waals surface area contributed by atoms with Gasteiger partial charge in [-0.15, -0.1) is 0 Å². The third-order valence-corrected chi connectivity index (χ3v) is 5.14. The van der Waals surface area contributed by atoms with Crippen LogP contribution in [0.4, 0.5) is 0 Å². The maximum absolute atomic E-state index is 5.63. The van der Waals surface area contributed by atoms with Gasteiger partial charge in [-0.3, -0.25) is 0 Å². The Morgan fingerprint density at radius 1 is 1.24 bits per heavy atom. The van der Waals surface area contributed by atoms with Crippen molar-refractivity contribution in [1.29, 1.82) is 0 Å². The number of rotatable bonds is 8. The van der Waals surface area contributed by atoms with Crippen LogP contribution in [-0.4, -0.2) is 30.8 Å². The Morgan fingerprint density at radius 3 is 2.81 bits per heavy atom. The summed E-state index contributed by atoms with van der Waals surface area (Å²) in [7, 11) is 1.68. The first-order chi connectivity index (χ1) is 10.3. The molecule has 4 heteroatoms. The molecule has 1 fully saturated rings. The molecule has 0 amide bonds. The molecule has 0 radical (unpaired) electrons. The van der Waals surface area contributed by atoms with Gasteiger partial charge >= 0.3 is 0 Å². The highest BCUT2D eigenvalue weighted by molar-refractivity contribution is 7.99. The smallest absolute Gasteiger partial charge is 0.161 e. The van der Waals surface area contributed by atoms with E-state index in [2.05, 4.69) is 36.1 Å². The summed E-state index contributed by atoms with van der Waals surface area (Å²) >= 11 is 2.10. The summed E-state index contributed by atoms with van der Waals surface area (Å²) in [6.07, 6.45) is 3.95. The molecule has 1 aliphatic rings. The maximum atomic E-state index is 5.63. The van der Waals surface area contributed by atoms with Crippen LogP contribution >= 0.6 is 11.8 Å². The largest absolute Gasteiger partial charge is 0.493 e. The Balaban J connectivity index is 1.87. The highest BCUT2D eigenvalue weighted by Crippen LogP contribution is 2.31. The molecule has 1 aliphatic carbocycles. The van der Waals surface area contributed by atoms with Gasteiger partial charge in [-0.1, -0.05) is 13.0 Å². The number of methoxy groups -OCH3 is 1. The van der Waals surface area contributed by atoms with Gasteiger partial charge < -0.3 is 14.8 Å². The average Bonchev–Trinajstić information content (AvgIpc) is 2.94. The van der Waals surface area contributed by atoms with E-state index >= 15 is 0 Å². The summed E-state index contributed by atoms with van der Waals surface area (Å²) in [4.78, 5) is 0. The normalized spacial score (nSPS) is 21.5. The second-order valence-electron chi connectivity index (χ2n) is 5.39. The number of nitrogens with one attached hydrogen (secondary N) is 1. The summed E-state index contributed by atoms with van der Waals surface area (Å²) in [5.41, 5.74) is 1.26. The fourth-order valence-electron chi connectivity index (χ4n) is 2.87.